The summed E-state index contributed by atoms with van der Waals surface area (Å²) in [6.07, 6.45) is 1.24. The Hall–Kier alpha value is -1.02. The Balaban J connectivity index is 2.63. The third-order valence-corrected chi connectivity index (χ3v) is 3.84. The van der Waals surface area contributed by atoms with Gasteiger partial charge < -0.3 is 10.2 Å². The van der Waals surface area contributed by atoms with Gasteiger partial charge in [-0.1, -0.05) is 46.2 Å². The predicted octanol–water partition coefficient (Wildman–Crippen LogP) is 4.22. The maximum Gasteiger partial charge on any atom is 0.0393 e. The van der Waals surface area contributed by atoms with Gasteiger partial charge in [0.1, 0.15) is 0 Å². The molecule has 2 heteroatoms. The molecule has 0 saturated heterocycles. The second kappa shape index (κ2) is 8.31. The molecule has 1 N–H and O–H groups in total. The van der Waals surface area contributed by atoms with Gasteiger partial charge in [-0.15, -0.1) is 0 Å². The van der Waals surface area contributed by atoms with E-state index in [1.807, 2.05) is 0 Å². The van der Waals surface area contributed by atoms with Crippen LogP contribution in [0.15, 0.2) is 18.2 Å². The Kier molecular flexibility index (Phi) is 7.08. The molecule has 1 unspecified atom stereocenters. The number of nitrogens with zero attached hydrogens (tertiary/aromatic N) is 1. The molecule has 0 aliphatic carbocycles. The van der Waals surface area contributed by atoms with Gasteiger partial charge in [-0.05, 0) is 42.5 Å². The smallest absolute Gasteiger partial charge is 0.0393 e. The summed E-state index contributed by atoms with van der Waals surface area (Å²) in [6.45, 7) is 14.4. The predicted molar refractivity (Wildman–Crippen MR) is 90.4 cm³/mol. The molecular formula is C18H32N2. The average molecular weight is 276 g/mol. The Morgan fingerprint density at radius 1 is 1.20 bits per heavy atom. The van der Waals surface area contributed by atoms with E-state index in [2.05, 4.69) is 70.1 Å². The van der Waals surface area contributed by atoms with Crippen LogP contribution in [-0.2, 0) is 6.54 Å². The Bertz CT molecular complexity index is 398. The van der Waals surface area contributed by atoms with Crippen molar-refractivity contribution in [3.8, 4) is 0 Å². The van der Waals surface area contributed by atoms with Gasteiger partial charge >= 0.3 is 0 Å². The molecule has 0 saturated carbocycles. The summed E-state index contributed by atoms with van der Waals surface area (Å²) in [4.78, 5) is 2.38. The zero-order chi connectivity index (χ0) is 15.1. The van der Waals surface area contributed by atoms with Crippen molar-refractivity contribution in [3.05, 3.63) is 29.3 Å². The normalized spacial score (nSPS) is 12.8. The molecule has 0 spiro atoms. The van der Waals surface area contributed by atoms with Crippen LogP contribution in [0.1, 0.15) is 45.2 Å². The highest BCUT2D eigenvalue weighted by Crippen LogP contribution is 2.21. The Morgan fingerprint density at radius 3 is 2.45 bits per heavy atom. The first kappa shape index (κ1) is 17.0. The standard InChI is InChI=1S/C18H32N2/c1-7-15(4)13-20(6)18-9-8-17(10-16(18)5)12-19-11-14(2)3/h8-10,14-15,19H,7,11-13H2,1-6H3. The van der Waals surface area contributed by atoms with Crippen LogP contribution >= 0.6 is 0 Å². The van der Waals surface area contributed by atoms with Crippen LogP contribution in [0.5, 0.6) is 0 Å². The molecule has 0 heterocycles. The van der Waals surface area contributed by atoms with E-state index < -0.39 is 0 Å². The maximum absolute atomic E-state index is 3.50. The summed E-state index contributed by atoms with van der Waals surface area (Å²) in [5.41, 5.74) is 4.11. The molecule has 1 atom stereocenters. The van der Waals surface area contributed by atoms with E-state index in [0.29, 0.717) is 5.92 Å². The van der Waals surface area contributed by atoms with E-state index in [4.69, 9.17) is 0 Å². The topological polar surface area (TPSA) is 15.3 Å². The Morgan fingerprint density at radius 2 is 1.90 bits per heavy atom. The molecule has 1 rings (SSSR count). The summed E-state index contributed by atoms with van der Waals surface area (Å²) < 4.78 is 0. The van der Waals surface area contributed by atoms with Crippen molar-refractivity contribution in [2.24, 2.45) is 11.8 Å². The minimum atomic E-state index is 0.706. The first-order chi connectivity index (χ1) is 9.43. The highest BCUT2D eigenvalue weighted by atomic mass is 15.1. The fourth-order valence-electron chi connectivity index (χ4n) is 2.46. The van der Waals surface area contributed by atoms with Gasteiger partial charge in [0.25, 0.3) is 0 Å². The fraction of sp³-hybridized carbons (Fsp3) is 0.667. The number of nitrogens with one attached hydrogen (secondary N) is 1. The molecule has 2 nitrogen and oxygen atoms in total. The fourth-order valence-corrected chi connectivity index (χ4v) is 2.46. The first-order valence-electron chi connectivity index (χ1n) is 7.95. The van der Waals surface area contributed by atoms with E-state index in [9.17, 15) is 0 Å². The van der Waals surface area contributed by atoms with Crippen molar-refractivity contribution in [3.63, 3.8) is 0 Å². The third-order valence-electron chi connectivity index (χ3n) is 3.84. The van der Waals surface area contributed by atoms with Crippen molar-refractivity contribution >= 4 is 5.69 Å². The largest absolute Gasteiger partial charge is 0.374 e. The van der Waals surface area contributed by atoms with Gasteiger partial charge in [-0.3, -0.25) is 0 Å². The van der Waals surface area contributed by atoms with Gasteiger partial charge in [0.05, 0.1) is 0 Å². The summed E-state index contributed by atoms with van der Waals surface area (Å²) >= 11 is 0. The second-order valence-electron chi connectivity index (χ2n) is 6.54. The van der Waals surface area contributed by atoms with Crippen LogP contribution in [0.25, 0.3) is 0 Å². The van der Waals surface area contributed by atoms with Crippen LogP contribution in [-0.4, -0.2) is 20.1 Å². The van der Waals surface area contributed by atoms with Gasteiger partial charge in [-0.25, -0.2) is 0 Å². The molecule has 1 aromatic rings. The number of benzene rings is 1. The lowest BCUT2D eigenvalue weighted by atomic mass is 10.1. The van der Waals surface area contributed by atoms with Gasteiger partial charge in [0.2, 0.25) is 0 Å². The molecule has 0 aliphatic heterocycles. The van der Waals surface area contributed by atoms with Crippen molar-refractivity contribution < 1.29 is 0 Å². The lowest BCUT2D eigenvalue weighted by molar-refractivity contribution is 0.552. The lowest BCUT2D eigenvalue weighted by Crippen LogP contribution is -2.24. The molecule has 0 aromatic heterocycles. The average Bonchev–Trinajstić information content (AvgIpc) is 2.38. The number of anilines is 1. The molecule has 114 valence electrons. The highest BCUT2D eigenvalue weighted by Gasteiger charge is 2.08. The van der Waals surface area contributed by atoms with Crippen molar-refractivity contribution in [1.82, 2.24) is 5.32 Å². The van der Waals surface area contributed by atoms with Gasteiger partial charge in [0, 0.05) is 25.8 Å². The molecular weight excluding hydrogens is 244 g/mol. The molecule has 0 radical (unpaired) electrons. The van der Waals surface area contributed by atoms with Crippen molar-refractivity contribution in [1.29, 1.82) is 0 Å². The van der Waals surface area contributed by atoms with E-state index in [1.165, 1.54) is 23.2 Å². The minimum absolute atomic E-state index is 0.706. The molecule has 0 fully saturated rings. The summed E-state index contributed by atoms with van der Waals surface area (Å²) in [5.74, 6) is 1.45. The molecule has 1 aromatic carbocycles. The van der Waals surface area contributed by atoms with E-state index in [1.54, 1.807) is 0 Å². The molecule has 0 bridgehead atoms. The van der Waals surface area contributed by atoms with Crippen LogP contribution in [0.4, 0.5) is 5.69 Å². The zero-order valence-electron chi connectivity index (χ0n) is 14.2. The van der Waals surface area contributed by atoms with E-state index in [-0.39, 0.29) is 0 Å². The SMILES string of the molecule is CCC(C)CN(C)c1ccc(CNCC(C)C)cc1C. The summed E-state index contributed by atoms with van der Waals surface area (Å²) in [7, 11) is 2.20. The Labute approximate surface area is 125 Å². The molecule has 0 amide bonds. The quantitative estimate of drug-likeness (QED) is 0.764. The number of hydrogen-bond acceptors (Lipinski definition) is 2. The van der Waals surface area contributed by atoms with Gasteiger partial charge in [-0.2, -0.15) is 0 Å². The maximum atomic E-state index is 3.50. The second-order valence-corrected chi connectivity index (χ2v) is 6.54. The number of aryl methyl sites for hydroxylation is 1. The highest BCUT2D eigenvalue weighted by molar-refractivity contribution is 5.53. The van der Waals surface area contributed by atoms with E-state index in [0.717, 1.165) is 25.6 Å². The van der Waals surface area contributed by atoms with Crippen LogP contribution in [0, 0.1) is 18.8 Å². The first-order valence-corrected chi connectivity index (χ1v) is 7.95. The molecule has 0 aliphatic rings. The minimum Gasteiger partial charge on any atom is -0.374 e. The summed E-state index contributed by atoms with van der Waals surface area (Å²) in [5, 5.41) is 3.50. The summed E-state index contributed by atoms with van der Waals surface area (Å²) in [6, 6.07) is 6.84. The van der Waals surface area contributed by atoms with Crippen LogP contribution in [0.2, 0.25) is 0 Å². The third kappa shape index (κ3) is 5.54. The number of rotatable bonds is 8. The van der Waals surface area contributed by atoms with E-state index >= 15 is 0 Å². The monoisotopic (exact) mass is 276 g/mol. The van der Waals surface area contributed by atoms with Crippen LogP contribution < -0.4 is 10.2 Å². The van der Waals surface area contributed by atoms with Crippen molar-refractivity contribution in [2.45, 2.75) is 47.6 Å². The number of hydrogen-bond donors (Lipinski definition) is 1. The van der Waals surface area contributed by atoms with Gasteiger partial charge in [0.15, 0.2) is 0 Å². The van der Waals surface area contributed by atoms with Crippen molar-refractivity contribution in [2.75, 3.05) is 25.0 Å². The zero-order valence-corrected chi connectivity index (χ0v) is 14.2. The lowest BCUT2D eigenvalue weighted by Gasteiger charge is -2.25. The van der Waals surface area contributed by atoms with Crippen LogP contribution in [0.3, 0.4) is 0 Å². The molecule has 20 heavy (non-hydrogen) atoms.